The standard InChI is InChI=1S/C22H25N7O/c1-3-7-20-25-29(14-4-2)22(30)28(20)15-16-10-12-17(13-11-16)18-8-5-6-9-19(18)21-23-26-27-24-21/h5-6,8-13H,3-4,7,14-15H2,1-2H3,(H,23,24,26,27). The zero-order valence-electron chi connectivity index (χ0n) is 17.2. The molecule has 0 aliphatic carbocycles. The Morgan fingerprint density at radius 1 is 0.967 bits per heavy atom. The van der Waals surface area contributed by atoms with Crippen LogP contribution < -0.4 is 5.69 Å². The van der Waals surface area contributed by atoms with E-state index in [1.54, 1.807) is 9.25 Å². The summed E-state index contributed by atoms with van der Waals surface area (Å²) in [5.74, 6) is 1.48. The van der Waals surface area contributed by atoms with Crippen LogP contribution in [0.25, 0.3) is 22.5 Å². The van der Waals surface area contributed by atoms with Crippen LogP contribution in [0.5, 0.6) is 0 Å². The lowest BCUT2D eigenvalue weighted by molar-refractivity contribution is 0.569. The molecule has 0 aliphatic rings. The van der Waals surface area contributed by atoms with Crippen molar-refractivity contribution in [2.24, 2.45) is 0 Å². The summed E-state index contributed by atoms with van der Waals surface area (Å²) in [6.07, 6.45) is 2.63. The molecule has 1 N–H and O–H groups in total. The third-order valence-corrected chi connectivity index (χ3v) is 5.04. The summed E-state index contributed by atoms with van der Waals surface area (Å²) in [6.45, 7) is 5.32. The predicted octanol–water partition coefficient (Wildman–Crippen LogP) is 3.30. The first-order valence-electron chi connectivity index (χ1n) is 10.3. The molecule has 0 saturated carbocycles. The minimum Gasteiger partial charge on any atom is -0.274 e. The molecule has 4 rings (SSSR count). The van der Waals surface area contributed by atoms with Crippen LogP contribution in [-0.2, 0) is 19.5 Å². The van der Waals surface area contributed by atoms with E-state index in [4.69, 9.17) is 0 Å². The number of hydrogen-bond acceptors (Lipinski definition) is 5. The number of rotatable bonds is 8. The molecule has 0 bridgehead atoms. The Labute approximate surface area is 174 Å². The van der Waals surface area contributed by atoms with E-state index in [0.717, 1.165) is 47.3 Å². The fourth-order valence-electron chi connectivity index (χ4n) is 3.60. The number of aryl methyl sites for hydroxylation is 2. The summed E-state index contributed by atoms with van der Waals surface area (Å²) in [5.41, 5.74) is 4.08. The molecule has 0 aliphatic heterocycles. The van der Waals surface area contributed by atoms with Crippen LogP contribution >= 0.6 is 0 Å². The van der Waals surface area contributed by atoms with Crippen LogP contribution in [0.3, 0.4) is 0 Å². The van der Waals surface area contributed by atoms with Crippen LogP contribution in [0.1, 0.15) is 38.1 Å². The molecule has 4 aromatic rings. The van der Waals surface area contributed by atoms with Crippen molar-refractivity contribution in [3.8, 4) is 22.5 Å². The van der Waals surface area contributed by atoms with Crippen LogP contribution in [0, 0.1) is 0 Å². The SMILES string of the molecule is CCCc1nn(CCC)c(=O)n1Cc1ccc(-c2ccccc2-c2nnn[nH]2)cc1. The number of H-pyrrole nitrogens is 1. The molecule has 0 spiro atoms. The van der Waals surface area contributed by atoms with E-state index in [0.29, 0.717) is 18.9 Å². The van der Waals surface area contributed by atoms with Gasteiger partial charge in [0.25, 0.3) is 0 Å². The van der Waals surface area contributed by atoms with Crippen LogP contribution in [0.4, 0.5) is 0 Å². The molecule has 8 nitrogen and oxygen atoms in total. The summed E-state index contributed by atoms with van der Waals surface area (Å²) >= 11 is 0. The highest BCUT2D eigenvalue weighted by molar-refractivity contribution is 5.80. The number of nitrogens with one attached hydrogen (secondary N) is 1. The first-order chi connectivity index (χ1) is 14.7. The zero-order chi connectivity index (χ0) is 20.9. The number of nitrogens with zero attached hydrogens (tertiary/aromatic N) is 6. The van der Waals surface area contributed by atoms with E-state index >= 15 is 0 Å². The molecule has 2 aromatic carbocycles. The molecule has 0 radical (unpaired) electrons. The Hall–Kier alpha value is -3.55. The van der Waals surface area contributed by atoms with Gasteiger partial charge in [-0.25, -0.2) is 14.6 Å². The monoisotopic (exact) mass is 403 g/mol. The summed E-state index contributed by atoms with van der Waals surface area (Å²) in [5, 5.41) is 18.8. The highest BCUT2D eigenvalue weighted by Gasteiger charge is 2.14. The lowest BCUT2D eigenvalue weighted by Gasteiger charge is -2.09. The zero-order valence-corrected chi connectivity index (χ0v) is 17.2. The van der Waals surface area contributed by atoms with E-state index in [9.17, 15) is 4.79 Å². The van der Waals surface area contributed by atoms with Crippen molar-refractivity contribution in [1.29, 1.82) is 0 Å². The minimum atomic E-state index is -0.0347. The Morgan fingerprint density at radius 3 is 2.40 bits per heavy atom. The smallest absolute Gasteiger partial charge is 0.274 e. The van der Waals surface area contributed by atoms with Gasteiger partial charge in [0, 0.05) is 18.5 Å². The Balaban J connectivity index is 1.63. The second kappa shape index (κ2) is 8.86. The van der Waals surface area contributed by atoms with E-state index in [-0.39, 0.29) is 5.69 Å². The summed E-state index contributed by atoms with van der Waals surface area (Å²) in [4.78, 5) is 12.8. The van der Waals surface area contributed by atoms with Gasteiger partial charge < -0.3 is 0 Å². The van der Waals surface area contributed by atoms with Crippen molar-refractivity contribution in [3.05, 3.63) is 70.4 Å². The van der Waals surface area contributed by atoms with Gasteiger partial charge in [-0.05, 0) is 40.0 Å². The predicted molar refractivity (Wildman–Crippen MR) is 115 cm³/mol. The second-order valence-electron chi connectivity index (χ2n) is 7.25. The van der Waals surface area contributed by atoms with Gasteiger partial charge in [0.1, 0.15) is 5.82 Å². The minimum absolute atomic E-state index is 0.0347. The molecule has 30 heavy (non-hydrogen) atoms. The highest BCUT2D eigenvalue weighted by Crippen LogP contribution is 2.29. The molecular weight excluding hydrogens is 378 g/mol. The average Bonchev–Trinajstić information content (AvgIpc) is 3.40. The average molecular weight is 403 g/mol. The summed E-state index contributed by atoms with van der Waals surface area (Å²) in [6, 6.07) is 16.3. The van der Waals surface area contributed by atoms with E-state index in [2.05, 4.69) is 63.8 Å². The summed E-state index contributed by atoms with van der Waals surface area (Å²) < 4.78 is 3.38. The summed E-state index contributed by atoms with van der Waals surface area (Å²) in [7, 11) is 0. The largest absolute Gasteiger partial charge is 0.346 e. The van der Waals surface area contributed by atoms with E-state index < -0.39 is 0 Å². The van der Waals surface area contributed by atoms with Crippen molar-refractivity contribution < 1.29 is 0 Å². The number of benzene rings is 2. The molecule has 0 atom stereocenters. The third-order valence-electron chi connectivity index (χ3n) is 5.04. The fourth-order valence-corrected chi connectivity index (χ4v) is 3.60. The molecule has 0 amide bonds. The van der Waals surface area contributed by atoms with Gasteiger partial charge in [-0.2, -0.15) is 5.10 Å². The second-order valence-corrected chi connectivity index (χ2v) is 7.25. The van der Waals surface area contributed by atoms with Gasteiger partial charge in [-0.3, -0.25) is 4.57 Å². The third kappa shape index (κ3) is 3.94. The molecule has 154 valence electrons. The van der Waals surface area contributed by atoms with Crippen molar-refractivity contribution >= 4 is 0 Å². The normalized spacial score (nSPS) is 11.1. The quantitative estimate of drug-likeness (QED) is 0.487. The lowest BCUT2D eigenvalue weighted by Crippen LogP contribution is -2.26. The van der Waals surface area contributed by atoms with Crippen LogP contribution in [0.2, 0.25) is 0 Å². The van der Waals surface area contributed by atoms with Crippen molar-refractivity contribution in [3.63, 3.8) is 0 Å². The lowest BCUT2D eigenvalue weighted by atomic mass is 9.98. The Kier molecular flexibility index (Phi) is 5.83. The Bertz CT molecular complexity index is 1160. The molecule has 8 heteroatoms. The topological polar surface area (TPSA) is 94.3 Å². The molecule has 0 unspecified atom stereocenters. The van der Waals surface area contributed by atoms with Gasteiger partial charge in [0.05, 0.1) is 6.54 Å². The van der Waals surface area contributed by atoms with E-state index in [1.807, 2.05) is 24.3 Å². The number of aromatic nitrogens is 7. The van der Waals surface area contributed by atoms with Gasteiger partial charge in [0.2, 0.25) is 0 Å². The molecular formula is C22H25N7O. The van der Waals surface area contributed by atoms with Crippen LogP contribution in [0.15, 0.2) is 53.3 Å². The fraction of sp³-hybridized carbons (Fsp3) is 0.318. The maximum atomic E-state index is 12.8. The number of hydrogen-bond donors (Lipinski definition) is 1. The maximum Gasteiger partial charge on any atom is 0.346 e. The van der Waals surface area contributed by atoms with Gasteiger partial charge in [0.15, 0.2) is 5.82 Å². The van der Waals surface area contributed by atoms with Crippen molar-refractivity contribution in [2.75, 3.05) is 0 Å². The molecule has 0 saturated heterocycles. The molecule has 2 aromatic heterocycles. The molecule has 0 fully saturated rings. The van der Waals surface area contributed by atoms with Gasteiger partial charge >= 0.3 is 5.69 Å². The van der Waals surface area contributed by atoms with Gasteiger partial charge in [-0.1, -0.05) is 62.4 Å². The molecule has 2 heterocycles. The van der Waals surface area contributed by atoms with Gasteiger partial charge in [-0.15, -0.1) is 5.10 Å². The number of aromatic amines is 1. The van der Waals surface area contributed by atoms with Crippen molar-refractivity contribution in [1.82, 2.24) is 35.0 Å². The first-order valence-corrected chi connectivity index (χ1v) is 10.3. The van der Waals surface area contributed by atoms with E-state index in [1.165, 1.54) is 0 Å². The van der Waals surface area contributed by atoms with Crippen LogP contribution in [-0.4, -0.2) is 35.0 Å². The number of tetrazole rings is 1. The Morgan fingerprint density at radius 2 is 1.73 bits per heavy atom. The highest BCUT2D eigenvalue weighted by atomic mass is 16.2. The first kappa shape index (κ1) is 19.8. The maximum absolute atomic E-state index is 12.8. The van der Waals surface area contributed by atoms with Crippen molar-refractivity contribution in [2.45, 2.75) is 46.2 Å².